The van der Waals surface area contributed by atoms with Crippen molar-refractivity contribution < 1.29 is 9.72 Å². The molecule has 7 nitrogen and oxygen atoms in total. The number of amides is 2. The van der Waals surface area contributed by atoms with E-state index in [1.165, 1.54) is 6.07 Å². The molecule has 1 aromatic rings. The SMILES string of the molecule is Cc1c(NCCNC(N)=O)cccc1[N+](=O)[O-]. The lowest BCUT2D eigenvalue weighted by molar-refractivity contribution is -0.385. The van der Waals surface area contributed by atoms with E-state index >= 15 is 0 Å². The molecule has 4 N–H and O–H groups in total. The van der Waals surface area contributed by atoms with E-state index in [4.69, 9.17) is 5.73 Å². The predicted octanol–water partition coefficient (Wildman–Crippen LogP) is 0.983. The van der Waals surface area contributed by atoms with Crippen LogP contribution in [-0.2, 0) is 0 Å². The molecule has 17 heavy (non-hydrogen) atoms. The number of primary amides is 1. The molecule has 0 aliphatic carbocycles. The van der Waals surface area contributed by atoms with Crippen molar-refractivity contribution in [3.8, 4) is 0 Å². The first-order valence-corrected chi connectivity index (χ1v) is 5.03. The maximum absolute atomic E-state index is 10.7. The van der Waals surface area contributed by atoms with E-state index in [2.05, 4.69) is 10.6 Å². The van der Waals surface area contributed by atoms with Crippen LogP contribution in [0.1, 0.15) is 5.56 Å². The summed E-state index contributed by atoms with van der Waals surface area (Å²) in [5.41, 5.74) is 6.20. The van der Waals surface area contributed by atoms with Crippen molar-refractivity contribution in [2.24, 2.45) is 5.73 Å². The van der Waals surface area contributed by atoms with Crippen LogP contribution in [0.5, 0.6) is 0 Å². The second-order valence-electron chi connectivity index (χ2n) is 3.42. The van der Waals surface area contributed by atoms with E-state index in [1.54, 1.807) is 19.1 Å². The minimum atomic E-state index is -0.595. The Bertz CT molecular complexity index is 434. The molecule has 7 heteroatoms. The summed E-state index contributed by atoms with van der Waals surface area (Å²) in [6, 6.07) is 4.20. The van der Waals surface area contributed by atoms with E-state index in [9.17, 15) is 14.9 Å². The van der Waals surface area contributed by atoms with Crippen molar-refractivity contribution in [3.05, 3.63) is 33.9 Å². The van der Waals surface area contributed by atoms with Gasteiger partial charge in [0.1, 0.15) is 0 Å². The fraction of sp³-hybridized carbons (Fsp3) is 0.300. The normalized spacial score (nSPS) is 9.71. The van der Waals surface area contributed by atoms with Gasteiger partial charge in [0.25, 0.3) is 5.69 Å². The van der Waals surface area contributed by atoms with Gasteiger partial charge in [0.2, 0.25) is 0 Å². The van der Waals surface area contributed by atoms with Crippen LogP contribution in [0, 0.1) is 17.0 Å². The second-order valence-corrected chi connectivity index (χ2v) is 3.42. The summed E-state index contributed by atoms with van der Waals surface area (Å²) in [7, 11) is 0. The Balaban J connectivity index is 2.62. The second kappa shape index (κ2) is 5.69. The van der Waals surface area contributed by atoms with Gasteiger partial charge in [0, 0.05) is 30.4 Å². The smallest absolute Gasteiger partial charge is 0.312 e. The zero-order chi connectivity index (χ0) is 12.8. The van der Waals surface area contributed by atoms with Crippen molar-refractivity contribution in [3.63, 3.8) is 0 Å². The van der Waals surface area contributed by atoms with E-state index < -0.39 is 11.0 Å². The quantitative estimate of drug-likeness (QED) is 0.403. The fourth-order valence-electron chi connectivity index (χ4n) is 1.40. The molecule has 0 aliphatic rings. The van der Waals surface area contributed by atoms with E-state index in [-0.39, 0.29) is 5.69 Å². The molecule has 1 aromatic carbocycles. The monoisotopic (exact) mass is 238 g/mol. The Morgan fingerprint density at radius 2 is 2.18 bits per heavy atom. The number of rotatable bonds is 5. The van der Waals surface area contributed by atoms with Crippen LogP contribution in [-0.4, -0.2) is 24.0 Å². The maximum Gasteiger partial charge on any atom is 0.312 e. The summed E-state index contributed by atoms with van der Waals surface area (Å²) in [5.74, 6) is 0. The number of carbonyl (C=O) groups is 1. The van der Waals surface area contributed by atoms with Crippen LogP contribution in [0.3, 0.4) is 0 Å². The third-order valence-electron chi connectivity index (χ3n) is 2.24. The molecule has 0 bridgehead atoms. The lowest BCUT2D eigenvalue weighted by Gasteiger charge is -2.09. The molecule has 92 valence electrons. The number of nitro groups is 1. The molecule has 0 radical (unpaired) electrons. The summed E-state index contributed by atoms with van der Waals surface area (Å²) in [6.07, 6.45) is 0. The van der Waals surface area contributed by atoms with E-state index in [0.29, 0.717) is 24.3 Å². The Morgan fingerprint density at radius 1 is 1.47 bits per heavy atom. The molecule has 0 spiro atoms. The maximum atomic E-state index is 10.7. The highest BCUT2D eigenvalue weighted by Crippen LogP contribution is 2.24. The molecule has 1 rings (SSSR count). The van der Waals surface area contributed by atoms with Gasteiger partial charge in [-0.2, -0.15) is 0 Å². The number of hydrogen-bond acceptors (Lipinski definition) is 4. The highest BCUT2D eigenvalue weighted by molar-refractivity contribution is 5.71. The standard InChI is InChI=1S/C10H14N4O3/c1-7-8(12-5-6-13-10(11)15)3-2-4-9(7)14(16)17/h2-4,12H,5-6H2,1H3,(H3,11,13,15). The van der Waals surface area contributed by atoms with E-state index in [1.807, 2.05) is 0 Å². The molecule has 0 atom stereocenters. The van der Waals surface area contributed by atoms with Gasteiger partial charge in [0.15, 0.2) is 0 Å². The number of anilines is 1. The zero-order valence-electron chi connectivity index (χ0n) is 9.40. The molecule has 2 amide bonds. The minimum Gasteiger partial charge on any atom is -0.383 e. The number of urea groups is 1. The van der Waals surface area contributed by atoms with Gasteiger partial charge < -0.3 is 16.4 Å². The molecular formula is C10H14N4O3. The summed E-state index contributed by atoms with van der Waals surface area (Å²) in [5, 5.41) is 16.1. The van der Waals surface area contributed by atoms with Crippen molar-refractivity contribution in [2.75, 3.05) is 18.4 Å². The number of nitrogens with zero attached hydrogens (tertiary/aromatic N) is 1. The molecule has 0 saturated heterocycles. The van der Waals surface area contributed by atoms with Gasteiger partial charge >= 0.3 is 6.03 Å². The molecule has 0 aromatic heterocycles. The predicted molar refractivity (Wildman–Crippen MR) is 63.9 cm³/mol. The van der Waals surface area contributed by atoms with Gasteiger partial charge in [-0.15, -0.1) is 0 Å². The highest BCUT2D eigenvalue weighted by atomic mass is 16.6. The van der Waals surface area contributed by atoms with Crippen LogP contribution in [0.15, 0.2) is 18.2 Å². The highest BCUT2D eigenvalue weighted by Gasteiger charge is 2.12. The molecular weight excluding hydrogens is 224 g/mol. The minimum absolute atomic E-state index is 0.0675. The third-order valence-corrected chi connectivity index (χ3v) is 2.24. The zero-order valence-corrected chi connectivity index (χ0v) is 9.40. The van der Waals surface area contributed by atoms with Crippen molar-refractivity contribution >= 4 is 17.4 Å². The third kappa shape index (κ3) is 3.63. The Labute approximate surface area is 98.1 Å². The summed E-state index contributed by atoms with van der Waals surface area (Å²) in [4.78, 5) is 20.7. The summed E-state index contributed by atoms with van der Waals surface area (Å²) in [6.45, 7) is 2.48. The first-order chi connectivity index (χ1) is 8.02. The van der Waals surface area contributed by atoms with Gasteiger partial charge in [-0.3, -0.25) is 10.1 Å². The molecule has 0 saturated carbocycles. The Kier molecular flexibility index (Phi) is 4.27. The molecule has 0 fully saturated rings. The lowest BCUT2D eigenvalue weighted by Crippen LogP contribution is -2.33. The average molecular weight is 238 g/mol. The number of nitrogens with two attached hydrogens (primary N) is 1. The van der Waals surface area contributed by atoms with Crippen LogP contribution in [0.25, 0.3) is 0 Å². The van der Waals surface area contributed by atoms with Crippen LogP contribution >= 0.6 is 0 Å². The number of nitro benzene ring substituents is 1. The largest absolute Gasteiger partial charge is 0.383 e. The molecule has 0 aliphatic heterocycles. The number of hydrogen-bond donors (Lipinski definition) is 3. The van der Waals surface area contributed by atoms with Gasteiger partial charge in [-0.25, -0.2) is 4.79 Å². The van der Waals surface area contributed by atoms with Crippen molar-refractivity contribution in [1.29, 1.82) is 0 Å². The van der Waals surface area contributed by atoms with Gasteiger partial charge in [-0.1, -0.05) is 6.07 Å². The first-order valence-electron chi connectivity index (χ1n) is 5.03. The number of benzene rings is 1. The van der Waals surface area contributed by atoms with Crippen molar-refractivity contribution in [1.82, 2.24) is 5.32 Å². The van der Waals surface area contributed by atoms with E-state index in [0.717, 1.165) is 0 Å². The molecule has 0 heterocycles. The number of carbonyl (C=O) groups excluding carboxylic acids is 1. The van der Waals surface area contributed by atoms with Crippen molar-refractivity contribution in [2.45, 2.75) is 6.92 Å². The van der Waals surface area contributed by atoms with Crippen LogP contribution in [0.2, 0.25) is 0 Å². The Hall–Kier alpha value is -2.31. The lowest BCUT2D eigenvalue weighted by atomic mass is 10.1. The van der Waals surface area contributed by atoms with Crippen LogP contribution in [0.4, 0.5) is 16.2 Å². The molecule has 0 unspecified atom stereocenters. The summed E-state index contributed by atoms with van der Waals surface area (Å²) >= 11 is 0. The topological polar surface area (TPSA) is 110 Å². The first kappa shape index (κ1) is 12.8. The Morgan fingerprint density at radius 3 is 2.76 bits per heavy atom. The number of nitrogens with one attached hydrogen (secondary N) is 2. The van der Waals surface area contributed by atoms with Crippen LogP contribution < -0.4 is 16.4 Å². The fourth-order valence-corrected chi connectivity index (χ4v) is 1.40. The van der Waals surface area contributed by atoms with Gasteiger partial charge in [0.05, 0.1) is 4.92 Å². The summed E-state index contributed by atoms with van der Waals surface area (Å²) < 4.78 is 0. The van der Waals surface area contributed by atoms with Gasteiger partial charge in [-0.05, 0) is 13.0 Å². The average Bonchev–Trinajstić information content (AvgIpc) is 2.25.